The molecule has 3 rings (SSSR count). The minimum Gasteiger partial charge on any atom is -0.378 e. The highest BCUT2D eigenvalue weighted by Gasteiger charge is 2.19. The van der Waals surface area contributed by atoms with Crippen LogP contribution in [0.2, 0.25) is 0 Å². The lowest BCUT2D eigenvalue weighted by Gasteiger charge is -2.26. The van der Waals surface area contributed by atoms with E-state index in [1.807, 2.05) is 38.1 Å². The van der Waals surface area contributed by atoms with E-state index in [0.29, 0.717) is 69.8 Å². The van der Waals surface area contributed by atoms with Gasteiger partial charge < -0.3 is 36.5 Å². The van der Waals surface area contributed by atoms with Gasteiger partial charge >= 0.3 is 0 Å². The number of hydrogen-bond donors (Lipinski definition) is 5. The summed E-state index contributed by atoms with van der Waals surface area (Å²) < 4.78 is 10.6. The van der Waals surface area contributed by atoms with Crippen LogP contribution in [0.1, 0.15) is 38.7 Å². The molecule has 1 aliphatic carbocycles. The molecule has 6 N–H and O–H groups in total. The number of nitrogens with two attached hydrogens (primary N) is 1. The number of nitrogens with zero attached hydrogens (tertiary/aromatic N) is 3. The second-order valence-corrected chi connectivity index (χ2v) is 8.74. The number of amides is 1. The van der Waals surface area contributed by atoms with Crippen LogP contribution in [0.25, 0.3) is 0 Å². The van der Waals surface area contributed by atoms with E-state index in [-0.39, 0.29) is 11.9 Å². The van der Waals surface area contributed by atoms with Crippen LogP contribution < -0.4 is 27.0 Å². The van der Waals surface area contributed by atoms with Crippen LogP contribution in [0.5, 0.6) is 0 Å². The van der Waals surface area contributed by atoms with Gasteiger partial charge in [0.15, 0.2) is 0 Å². The molecular formula is C24H38N8O3. The van der Waals surface area contributed by atoms with Gasteiger partial charge in [-0.3, -0.25) is 4.79 Å². The Kier molecular flexibility index (Phi) is 10.9. The minimum absolute atomic E-state index is 0.0535. The maximum absolute atomic E-state index is 12.2. The van der Waals surface area contributed by atoms with E-state index in [1.165, 1.54) is 6.42 Å². The Labute approximate surface area is 207 Å². The molecule has 35 heavy (non-hydrogen) atoms. The predicted octanol–water partition coefficient (Wildman–Crippen LogP) is 2.05. The zero-order valence-electron chi connectivity index (χ0n) is 20.7. The van der Waals surface area contributed by atoms with Gasteiger partial charge in [0, 0.05) is 30.9 Å². The average molecular weight is 487 g/mol. The van der Waals surface area contributed by atoms with Crippen molar-refractivity contribution in [3.05, 3.63) is 29.8 Å². The third-order valence-corrected chi connectivity index (χ3v) is 5.27. The van der Waals surface area contributed by atoms with Crippen molar-refractivity contribution in [1.82, 2.24) is 20.3 Å². The normalized spacial score (nSPS) is 13.4. The van der Waals surface area contributed by atoms with Crippen molar-refractivity contribution in [2.24, 2.45) is 5.73 Å². The summed E-state index contributed by atoms with van der Waals surface area (Å²) >= 11 is 0. The molecule has 1 heterocycles. The molecule has 0 radical (unpaired) electrons. The molecular weight excluding hydrogens is 448 g/mol. The molecule has 0 atom stereocenters. The van der Waals surface area contributed by atoms with Crippen molar-refractivity contribution >= 4 is 29.4 Å². The minimum atomic E-state index is -0.0535. The first-order chi connectivity index (χ1) is 17.0. The quantitative estimate of drug-likeness (QED) is 0.223. The molecule has 1 aliphatic rings. The summed E-state index contributed by atoms with van der Waals surface area (Å²) in [6.45, 7) is 6.99. The van der Waals surface area contributed by atoms with Gasteiger partial charge in [0.25, 0.3) is 0 Å². The summed E-state index contributed by atoms with van der Waals surface area (Å²) in [5.74, 6) is 1.50. The van der Waals surface area contributed by atoms with E-state index in [9.17, 15) is 4.79 Å². The van der Waals surface area contributed by atoms with E-state index in [1.54, 1.807) is 0 Å². The second kappa shape index (κ2) is 14.4. The van der Waals surface area contributed by atoms with Crippen LogP contribution in [0, 0.1) is 0 Å². The fourth-order valence-corrected chi connectivity index (χ4v) is 3.31. The van der Waals surface area contributed by atoms with Crippen molar-refractivity contribution in [2.75, 3.05) is 55.5 Å². The number of rotatable bonds is 16. The number of ether oxygens (including phenoxy) is 2. The number of benzene rings is 1. The van der Waals surface area contributed by atoms with E-state index in [0.717, 1.165) is 24.1 Å². The van der Waals surface area contributed by atoms with E-state index in [4.69, 9.17) is 15.2 Å². The molecule has 1 aromatic heterocycles. The first kappa shape index (κ1) is 26.6. The van der Waals surface area contributed by atoms with Crippen molar-refractivity contribution in [3.63, 3.8) is 0 Å². The molecule has 0 aliphatic heterocycles. The molecule has 1 fully saturated rings. The fraction of sp³-hybridized carbons (Fsp3) is 0.583. The van der Waals surface area contributed by atoms with Crippen LogP contribution >= 0.6 is 0 Å². The Morgan fingerprint density at radius 2 is 1.69 bits per heavy atom. The van der Waals surface area contributed by atoms with Crippen LogP contribution in [0.15, 0.2) is 24.3 Å². The first-order valence-corrected chi connectivity index (χ1v) is 12.3. The van der Waals surface area contributed by atoms with Gasteiger partial charge in [-0.25, -0.2) is 0 Å². The van der Waals surface area contributed by atoms with Crippen molar-refractivity contribution < 1.29 is 14.3 Å². The van der Waals surface area contributed by atoms with Gasteiger partial charge in [0.1, 0.15) is 0 Å². The number of carbonyl (C=O) groups is 1. The molecule has 1 saturated carbocycles. The molecule has 0 spiro atoms. The summed E-state index contributed by atoms with van der Waals surface area (Å²) in [6.07, 6.45) is 3.79. The molecule has 0 bridgehead atoms. The Bertz CT molecular complexity index is 906. The monoisotopic (exact) mass is 486 g/mol. The number of nitrogens with one attached hydrogen (secondary N) is 4. The third kappa shape index (κ3) is 10.0. The second-order valence-electron chi connectivity index (χ2n) is 8.74. The summed E-state index contributed by atoms with van der Waals surface area (Å²) in [6, 6.07) is 8.26. The van der Waals surface area contributed by atoms with Gasteiger partial charge in [0.2, 0.25) is 23.8 Å². The highest BCUT2D eigenvalue weighted by atomic mass is 16.5. The fourth-order valence-electron chi connectivity index (χ4n) is 3.31. The Morgan fingerprint density at radius 1 is 1.00 bits per heavy atom. The summed E-state index contributed by atoms with van der Waals surface area (Å²) in [4.78, 5) is 25.7. The average Bonchev–Trinajstić information content (AvgIpc) is 2.79. The molecule has 11 heteroatoms. The number of hydrogen-bond acceptors (Lipinski definition) is 10. The summed E-state index contributed by atoms with van der Waals surface area (Å²) in [5.41, 5.74) is 7.09. The maximum atomic E-state index is 12.2. The zero-order chi connectivity index (χ0) is 24.9. The Morgan fingerprint density at radius 3 is 2.34 bits per heavy atom. The summed E-state index contributed by atoms with van der Waals surface area (Å²) in [5, 5.41) is 12.7. The lowest BCUT2D eigenvalue weighted by Crippen LogP contribution is -2.29. The first-order valence-electron chi connectivity index (χ1n) is 12.3. The lowest BCUT2D eigenvalue weighted by molar-refractivity contribution is -0.120. The maximum Gasteiger partial charge on any atom is 0.233 e. The highest BCUT2D eigenvalue weighted by Crippen LogP contribution is 2.23. The van der Waals surface area contributed by atoms with E-state index >= 15 is 0 Å². The predicted molar refractivity (Wildman–Crippen MR) is 137 cm³/mol. The lowest BCUT2D eigenvalue weighted by atomic mass is 9.93. The highest BCUT2D eigenvalue weighted by molar-refractivity contribution is 5.78. The Hall–Kier alpha value is -3.02. The smallest absolute Gasteiger partial charge is 0.233 e. The molecule has 192 valence electrons. The number of aromatic nitrogens is 3. The number of carbonyl (C=O) groups excluding carboxylic acids is 1. The van der Waals surface area contributed by atoms with Gasteiger partial charge in [0.05, 0.1) is 32.8 Å². The molecule has 0 saturated heterocycles. The van der Waals surface area contributed by atoms with Crippen molar-refractivity contribution in [3.8, 4) is 0 Å². The molecule has 1 amide bonds. The molecule has 11 nitrogen and oxygen atoms in total. The van der Waals surface area contributed by atoms with Crippen molar-refractivity contribution in [2.45, 2.75) is 51.6 Å². The molecule has 2 aromatic rings. The van der Waals surface area contributed by atoms with Crippen LogP contribution in [0.4, 0.5) is 23.5 Å². The van der Waals surface area contributed by atoms with Crippen molar-refractivity contribution in [1.29, 1.82) is 0 Å². The topological polar surface area (TPSA) is 148 Å². The summed E-state index contributed by atoms with van der Waals surface area (Å²) in [7, 11) is 0. The van der Waals surface area contributed by atoms with Crippen LogP contribution in [0.3, 0.4) is 0 Å². The van der Waals surface area contributed by atoms with E-state index in [2.05, 4.69) is 36.2 Å². The SMILES string of the molecule is CC(C)Nc1nc(Nc2ccc(CC(=O)NCCOCCOCCN)cc2)nc(NC2CCC2)n1. The molecule has 1 aromatic carbocycles. The van der Waals surface area contributed by atoms with Crippen LogP contribution in [-0.4, -0.2) is 72.5 Å². The third-order valence-electron chi connectivity index (χ3n) is 5.27. The van der Waals surface area contributed by atoms with Gasteiger partial charge in [-0.2, -0.15) is 15.0 Å². The standard InChI is InChI=1S/C24H38N8O3/c1-17(2)27-22-30-23(28-19-4-3-5-19)32-24(31-22)29-20-8-6-18(7-9-20)16-21(33)26-11-13-35-15-14-34-12-10-25/h6-9,17,19H,3-5,10-16,25H2,1-2H3,(H,26,33)(H3,27,28,29,30,31,32). The zero-order valence-corrected chi connectivity index (χ0v) is 20.7. The largest absolute Gasteiger partial charge is 0.378 e. The van der Waals surface area contributed by atoms with Gasteiger partial charge in [-0.15, -0.1) is 0 Å². The number of anilines is 4. The van der Waals surface area contributed by atoms with Gasteiger partial charge in [-0.1, -0.05) is 12.1 Å². The Balaban J connectivity index is 1.46. The van der Waals surface area contributed by atoms with E-state index < -0.39 is 0 Å². The van der Waals surface area contributed by atoms with Gasteiger partial charge in [-0.05, 0) is 50.8 Å². The molecule has 0 unspecified atom stereocenters. The van der Waals surface area contributed by atoms with Crippen LogP contribution in [-0.2, 0) is 20.7 Å².